The van der Waals surface area contributed by atoms with Gasteiger partial charge in [-0.3, -0.25) is 14.5 Å². The molecule has 2 aromatic rings. The number of aryl methyl sites for hydroxylation is 1. The van der Waals surface area contributed by atoms with E-state index in [4.69, 9.17) is 16.3 Å². The first-order chi connectivity index (χ1) is 13.8. The van der Waals surface area contributed by atoms with Crippen LogP contribution in [-0.4, -0.2) is 34.3 Å². The molecule has 2 aromatic carbocycles. The van der Waals surface area contributed by atoms with E-state index in [1.807, 2.05) is 25.1 Å². The lowest BCUT2D eigenvalue weighted by Gasteiger charge is -2.17. The predicted molar refractivity (Wildman–Crippen MR) is 117 cm³/mol. The monoisotopic (exact) mass is 431 g/mol. The van der Waals surface area contributed by atoms with Crippen LogP contribution in [0.3, 0.4) is 0 Å². The van der Waals surface area contributed by atoms with Gasteiger partial charge >= 0.3 is 0 Å². The van der Waals surface area contributed by atoms with Crippen LogP contribution in [0, 0.1) is 6.92 Å². The maximum absolute atomic E-state index is 12.6. The van der Waals surface area contributed by atoms with Gasteiger partial charge in [0.2, 0.25) is 0 Å². The van der Waals surface area contributed by atoms with E-state index in [9.17, 15) is 14.7 Å². The van der Waals surface area contributed by atoms with E-state index in [1.165, 1.54) is 11.0 Å². The smallest absolute Gasteiger partial charge is 0.293 e. The topological polar surface area (TPSA) is 66.8 Å². The summed E-state index contributed by atoms with van der Waals surface area (Å²) in [6, 6.07) is 10.7. The van der Waals surface area contributed by atoms with Gasteiger partial charge in [0.05, 0.1) is 16.5 Å². The molecule has 1 fully saturated rings. The number of thioether (sulfide) groups is 1. The van der Waals surface area contributed by atoms with Crippen molar-refractivity contribution in [1.82, 2.24) is 4.90 Å². The molecule has 0 radical (unpaired) electrons. The zero-order chi connectivity index (χ0) is 21.1. The molecule has 5 nitrogen and oxygen atoms in total. The third-order valence-corrected chi connectivity index (χ3v) is 5.72. The SMILES string of the molecule is Cc1ccc(C(C)C)c(OCCN2C(=O)S/C(=C\c3ccc(O)c(Cl)c3)C2=O)c1. The number of aromatic hydroxyl groups is 1. The molecule has 2 amide bonds. The molecule has 1 aliphatic rings. The molecule has 0 saturated carbocycles. The molecular formula is C22H22ClNO4S. The van der Waals surface area contributed by atoms with Crippen LogP contribution in [0.25, 0.3) is 6.08 Å². The summed E-state index contributed by atoms with van der Waals surface area (Å²) < 4.78 is 5.90. The van der Waals surface area contributed by atoms with Crippen molar-refractivity contribution < 1.29 is 19.4 Å². The Hall–Kier alpha value is -2.44. The van der Waals surface area contributed by atoms with Gasteiger partial charge in [-0.15, -0.1) is 0 Å². The van der Waals surface area contributed by atoms with Crippen molar-refractivity contribution in [2.24, 2.45) is 0 Å². The molecular weight excluding hydrogens is 410 g/mol. The van der Waals surface area contributed by atoms with Crippen molar-refractivity contribution in [3.63, 3.8) is 0 Å². The molecule has 29 heavy (non-hydrogen) atoms. The second-order valence-electron chi connectivity index (χ2n) is 7.09. The van der Waals surface area contributed by atoms with E-state index in [0.29, 0.717) is 16.4 Å². The average Bonchev–Trinajstić information content (AvgIpc) is 2.92. The van der Waals surface area contributed by atoms with Gasteiger partial charge in [0, 0.05) is 0 Å². The molecule has 3 rings (SSSR count). The first-order valence-electron chi connectivity index (χ1n) is 9.23. The van der Waals surface area contributed by atoms with E-state index in [2.05, 4.69) is 13.8 Å². The number of hydrogen-bond acceptors (Lipinski definition) is 5. The van der Waals surface area contributed by atoms with Gasteiger partial charge < -0.3 is 9.84 Å². The number of amides is 2. The number of halogens is 1. The Bertz CT molecular complexity index is 987. The summed E-state index contributed by atoms with van der Waals surface area (Å²) in [6.45, 7) is 6.57. The highest BCUT2D eigenvalue weighted by Gasteiger charge is 2.34. The van der Waals surface area contributed by atoms with Crippen molar-refractivity contribution in [2.75, 3.05) is 13.2 Å². The lowest BCUT2D eigenvalue weighted by molar-refractivity contribution is -0.123. The second kappa shape index (κ2) is 8.93. The minimum Gasteiger partial charge on any atom is -0.506 e. The van der Waals surface area contributed by atoms with Gasteiger partial charge in [0.1, 0.15) is 18.1 Å². The largest absolute Gasteiger partial charge is 0.506 e. The first-order valence-corrected chi connectivity index (χ1v) is 10.4. The van der Waals surface area contributed by atoms with Crippen LogP contribution in [0.1, 0.15) is 36.5 Å². The van der Waals surface area contributed by atoms with Crippen LogP contribution in [0.2, 0.25) is 5.02 Å². The lowest BCUT2D eigenvalue weighted by atomic mass is 10.0. The molecule has 0 spiro atoms. The summed E-state index contributed by atoms with van der Waals surface area (Å²) in [4.78, 5) is 26.4. The minimum absolute atomic E-state index is 0.0361. The Kier molecular flexibility index (Phi) is 6.55. The Balaban J connectivity index is 1.67. The number of rotatable bonds is 6. The van der Waals surface area contributed by atoms with Crippen molar-refractivity contribution in [3.05, 3.63) is 63.0 Å². The van der Waals surface area contributed by atoms with E-state index >= 15 is 0 Å². The van der Waals surface area contributed by atoms with Gasteiger partial charge in [-0.1, -0.05) is 43.6 Å². The van der Waals surface area contributed by atoms with Crippen molar-refractivity contribution in [3.8, 4) is 11.5 Å². The van der Waals surface area contributed by atoms with Crippen molar-refractivity contribution in [2.45, 2.75) is 26.7 Å². The summed E-state index contributed by atoms with van der Waals surface area (Å²) in [5, 5.41) is 9.36. The predicted octanol–water partition coefficient (Wildman–Crippen LogP) is 5.59. The van der Waals surface area contributed by atoms with E-state index < -0.39 is 0 Å². The standard InChI is InChI=1S/C22H22ClNO4S/c1-13(2)16-6-4-14(3)10-19(16)28-9-8-24-21(26)20(29-22(24)27)12-15-5-7-18(25)17(23)11-15/h4-7,10-13,25H,8-9H2,1-3H3/b20-12-. The van der Waals surface area contributed by atoms with Crippen LogP contribution in [-0.2, 0) is 4.79 Å². The summed E-state index contributed by atoms with van der Waals surface area (Å²) in [5.41, 5.74) is 2.82. The van der Waals surface area contributed by atoms with Gasteiger partial charge in [-0.25, -0.2) is 0 Å². The molecule has 0 aromatic heterocycles. The Labute approximate surface area is 179 Å². The van der Waals surface area contributed by atoms with Gasteiger partial charge in [-0.2, -0.15) is 0 Å². The molecule has 1 aliphatic heterocycles. The summed E-state index contributed by atoms with van der Waals surface area (Å²) in [5.74, 6) is 0.691. The number of imide groups is 1. The van der Waals surface area contributed by atoms with Gasteiger partial charge in [-0.05, 0) is 65.6 Å². The molecule has 7 heteroatoms. The summed E-state index contributed by atoms with van der Waals surface area (Å²) in [6.07, 6.45) is 1.59. The lowest BCUT2D eigenvalue weighted by Crippen LogP contribution is -2.32. The number of nitrogens with zero attached hydrogens (tertiary/aromatic N) is 1. The van der Waals surface area contributed by atoms with E-state index in [0.717, 1.165) is 28.6 Å². The normalized spacial score (nSPS) is 15.6. The Morgan fingerprint density at radius 1 is 1.21 bits per heavy atom. The van der Waals surface area contributed by atoms with Crippen LogP contribution in [0.4, 0.5) is 4.79 Å². The fraction of sp³-hybridized carbons (Fsp3) is 0.273. The van der Waals surface area contributed by atoms with Crippen molar-refractivity contribution >= 4 is 40.6 Å². The molecule has 1 heterocycles. The second-order valence-corrected chi connectivity index (χ2v) is 8.49. The van der Waals surface area contributed by atoms with Gasteiger partial charge in [0.25, 0.3) is 11.1 Å². The van der Waals surface area contributed by atoms with Gasteiger partial charge in [0.15, 0.2) is 0 Å². The number of phenols is 1. The summed E-state index contributed by atoms with van der Waals surface area (Å²) >= 11 is 6.78. The first kappa shape index (κ1) is 21.3. The fourth-order valence-corrected chi connectivity index (χ4v) is 4.00. The third-order valence-electron chi connectivity index (χ3n) is 4.51. The van der Waals surface area contributed by atoms with E-state index in [-0.39, 0.29) is 35.1 Å². The number of carbonyl (C=O) groups is 2. The highest BCUT2D eigenvalue weighted by atomic mass is 35.5. The molecule has 1 N–H and O–H groups in total. The Morgan fingerprint density at radius 2 is 1.97 bits per heavy atom. The highest BCUT2D eigenvalue weighted by Crippen LogP contribution is 2.34. The minimum atomic E-state index is -0.360. The molecule has 0 atom stereocenters. The zero-order valence-electron chi connectivity index (χ0n) is 16.4. The highest BCUT2D eigenvalue weighted by molar-refractivity contribution is 8.18. The van der Waals surface area contributed by atoms with Crippen LogP contribution in [0.15, 0.2) is 41.3 Å². The number of phenolic OH excluding ortho intramolecular Hbond substituents is 1. The molecule has 152 valence electrons. The summed E-state index contributed by atoms with van der Waals surface area (Å²) in [7, 11) is 0. The number of hydrogen-bond donors (Lipinski definition) is 1. The maximum atomic E-state index is 12.6. The molecule has 0 bridgehead atoms. The maximum Gasteiger partial charge on any atom is 0.293 e. The number of benzene rings is 2. The fourth-order valence-electron chi connectivity index (χ4n) is 2.95. The average molecular weight is 432 g/mol. The zero-order valence-corrected chi connectivity index (χ0v) is 18.0. The molecule has 0 aliphatic carbocycles. The third kappa shape index (κ3) is 4.95. The Morgan fingerprint density at radius 3 is 2.66 bits per heavy atom. The molecule has 0 unspecified atom stereocenters. The van der Waals surface area contributed by atoms with E-state index in [1.54, 1.807) is 18.2 Å². The van der Waals surface area contributed by atoms with Crippen LogP contribution >= 0.6 is 23.4 Å². The molecule has 1 saturated heterocycles. The van der Waals surface area contributed by atoms with Crippen LogP contribution < -0.4 is 4.74 Å². The van der Waals surface area contributed by atoms with Crippen molar-refractivity contribution in [1.29, 1.82) is 0 Å². The number of carbonyl (C=O) groups excluding carboxylic acids is 2. The van der Waals surface area contributed by atoms with Crippen LogP contribution in [0.5, 0.6) is 11.5 Å². The number of ether oxygens (including phenoxy) is 1. The quantitative estimate of drug-likeness (QED) is 0.603.